The second-order valence-electron chi connectivity index (χ2n) is 4.11. The minimum Gasteiger partial charge on any atom is -0.393 e. The SMILES string of the molecule is CCn1c(CC(C)O)cc2c(F)cccc21. The van der Waals surface area contributed by atoms with Crippen LogP contribution in [0.3, 0.4) is 0 Å². The molecule has 0 saturated carbocycles. The van der Waals surface area contributed by atoms with E-state index in [4.69, 9.17) is 0 Å². The van der Waals surface area contributed by atoms with Crippen molar-refractivity contribution in [3.63, 3.8) is 0 Å². The minimum atomic E-state index is -0.405. The van der Waals surface area contributed by atoms with Crippen molar-refractivity contribution >= 4 is 10.9 Å². The Bertz CT molecular complexity index is 502. The molecule has 16 heavy (non-hydrogen) atoms. The van der Waals surface area contributed by atoms with E-state index in [2.05, 4.69) is 0 Å². The standard InChI is InChI=1S/C13H16FNO/c1-3-15-10(7-9(2)16)8-11-12(14)5-4-6-13(11)15/h4-6,8-9,16H,3,7H2,1-2H3. The molecule has 0 amide bonds. The van der Waals surface area contributed by atoms with E-state index in [-0.39, 0.29) is 5.82 Å². The predicted octanol–water partition coefficient (Wildman–Crippen LogP) is 2.72. The summed E-state index contributed by atoms with van der Waals surface area (Å²) in [5, 5.41) is 10.1. The molecule has 0 fully saturated rings. The molecule has 1 heterocycles. The second kappa shape index (κ2) is 4.26. The Morgan fingerprint density at radius 2 is 2.19 bits per heavy atom. The monoisotopic (exact) mass is 221 g/mol. The molecule has 1 aromatic heterocycles. The molecule has 3 heteroatoms. The third kappa shape index (κ3) is 1.83. The summed E-state index contributed by atoms with van der Waals surface area (Å²) in [4.78, 5) is 0. The van der Waals surface area contributed by atoms with Gasteiger partial charge in [0.15, 0.2) is 0 Å². The first-order chi connectivity index (χ1) is 7.63. The number of nitrogens with zero attached hydrogens (tertiary/aromatic N) is 1. The average Bonchev–Trinajstić information content (AvgIpc) is 2.56. The van der Waals surface area contributed by atoms with Gasteiger partial charge in [-0.1, -0.05) is 6.07 Å². The van der Waals surface area contributed by atoms with Crippen LogP contribution in [0.15, 0.2) is 24.3 Å². The van der Waals surface area contributed by atoms with Gasteiger partial charge in [-0.15, -0.1) is 0 Å². The molecule has 2 aromatic rings. The third-order valence-electron chi connectivity index (χ3n) is 2.80. The van der Waals surface area contributed by atoms with E-state index < -0.39 is 6.10 Å². The summed E-state index contributed by atoms with van der Waals surface area (Å²) in [5.74, 6) is -0.198. The van der Waals surface area contributed by atoms with Crippen LogP contribution in [-0.4, -0.2) is 15.8 Å². The lowest BCUT2D eigenvalue weighted by atomic mass is 10.2. The Kier molecular flexibility index (Phi) is 2.97. The van der Waals surface area contributed by atoms with Crippen molar-refractivity contribution in [2.45, 2.75) is 32.9 Å². The second-order valence-corrected chi connectivity index (χ2v) is 4.11. The van der Waals surface area contributed by atoms with Crippen LogP contribution < -0.4 is 0 Å². The molecule has 0 aliphatic carbocycles. The number of aliphatic hydroxyl groups is 1. The number of hydrogen-bond donors (Lipinski definition) is 1. The Balaban J connectivity index is 2.61. The number of halogens is 1. The number of rotatable bonds is 3. The zero-order valence-electron chi connectivity index (χ0n) is 9.57. The molecule has 2 nitrogen and oxygen atoms in total. The van der Waals surface area contributed by atoms with E-state index >= 15 is 0 Å². The fourth-order valence-electron chi connectivity index (χ4n) is 2.15. The van der Waals surface area contributed by atoms with Crippen LogP contribution in [0.5, 0.6) is 0 Å². The van der Waals surface area contributed by atoms with Gasteiger partial charge in [0, 0.05) is 24.0 Å². The van der Waals surface area contributed by atoms with Crippen molar-refractivity contribution in [3.05, 3.63) is 35.8 Å². The van der Waals surface area contributed by atoms with E-state index in [1.54, 1.807) is 13.0 Å². The molecule has 1 N–H and O–H groups in total. The van der Waals surface area contributed by atoms with Crippen molar-refractivity contribution < 1.29 is 9.50 Å². The van der Waals surface area contributed by atoms with Crippen LogP contribution in [0.2, 0.25) is 0 Å². The molecule has 0 radical (unpaired) electrons. The summed E-state index contributed by atoms with van der Waals surface area (Å²) < 4.78 is 15.6. The third-order valence-corrected chi connectivity index (χ3v) is 2.80. The summed E-state index contributed by atoms with van der Waals surface area (Å²) in [5.41, 5.74) is 1.88. The molecule has 2 rings (SSSR count). The van der Waals surface area contributed by atoms with Crippen LogP contribution in [0.4, 0.5) is 4.39 Å². The first-order valence-electron chi connectivity index (χ1n) is 5.58. The highest BCUT2D eigenvalue weighted by Gasteiger charge is 2.11. The molecule has 0 bridgehead atoms. The molecule has 86 valence electrons. The van der Waals surface area contributed by atoms with Gasteiger partial charge in [-0.25, -0.2) is 4.39 Å². The van der Waals surface area contributed by atoms with E-state index in [1.807, 2.05) is 23.6 Å². The van der Waals surface area contributed by atoms with Gasteiger partial charge in [0.25, 0.3) is 0 Å². The molecular weight excluding hydrogens is 205 g/mol. The van der Waals surface area contributed by atoms with Gasteiger partial charge < -0.3 is 9.67 Å². The minimum absolute atomic E-state index is 0.198. The van der Waals surface area contributed by atoms with Gasteiger partial charge in [0.05, 0.1) is 11.6 Å². The first kappa shape index (κ1) is 11.1. The molecule has 0 aliphatic rings. The number of aliphatic hydroxyl groups excluding tert-OH is 1. The normalized spacial score (nSPS) is 13.2. The summed E-state index contributed by atoms with van der Waals surface area (Å²) >= 11 is 0. The molecular formula is C13H16FNO. The highest BCUT2D eigenvalue weighted by molar-refractivity contribution is 5.82. The lowest BCUT2D eigenvalue weighted by molar-refractivity contribution is 0.193. The maximum atomic E-state index is 13.6. The maximum absolute atomic E-state index is 13.6. The van der Waals surface area contributed by atoms with Crippen molar-refractivity contribution in [2.24, 2.45) is 0 Å². The summed E-state index contributed by atoms with van der Waals surface area (Å²) in [6.07, 6.45) is 0.153. The quantitative estimate of drug-likeness (QED) is 0.847. The summed E-state index contributed by atoms with van der Waals surface area (Å²) in [6.45, 7) is 4.55. The zero-order chi connectivity index (χ0) is 11.7. The Hall–Kier alpha value is -1.35. The predicted molar refractivity (Wildman–Crippen MR) is 63.0 cm³/mol. The average molecular weight is 221 g/mol. The highest BCUT2D eigenvalue weighted by Crippen LogP contribution is 2.23. The molecule has 0 aliphatic heterocycles. The van der Waals surface area contributed by atoms with Gasteiger partial charge in [-0.3, -0.25) is 0 Å². The number of benzene rings is 1. The molecule has 0 saturated heterocycles. The smallest absolute Gasteiger partial charge is 0.132 e. The Morgan fingerprint density at radius 3 is 2.81 bits per heavy atom. The topological polar surface area (TPSA) is 25.2 Å². The molecule has 1 atom stereocenters. The molecule has 1 aromatic carbocycles. The lowest BCUT2D eigenvalue weighted by Crippen LogP contribution is -2.09. The van der Waals surface area contributed by atoms with Crippen molar-refractivity contribution in [3.8, 4) is 0 Å². The number of aromatic nitrogens is 1. The lowest BCUT2D eigenvalue weighted by Gasteiger charge is -2.09. The van der Waals surface area contributed by atoms with Gasteiger partial charge in [-0.2, -0.15) is 0 Å². The van der Waals surface area contributed by atoms with Crippen LogP contribution in [-0.2, 0) is 13.0 Å². The van der Waals surface area contributed by atoms with E-state index in [9.17, 15) is 9.50 Å². The fourth-order valence-corrected chi connectivity index (χ4v) is 2.15. The highest BCUT2D eigenvalue weighted by atomic mass is 19.1. The van der Waals surface area contributed by atoms with Gasteiger partial charge >= 0.3 is 0 Å². The number of fused-ring (bicyclic) bond motifs is 1. The number of hydrogen-bond acceptors (Lipinski definition) is 1. The first-order valence-corrected chi connectivity index (χ1v) is 5.58. The van der Waals surface area contributed by atoms with Crippen LogP contribution in [0, 0.1) is 5.82 Å². The van der Waals surface area contributed by atoms with E-state index in [1.165, 1.54) is 6.07 Å². The maximum Gasteiger partial charge on any atom is 0.132 e. The van der Waals surface area contributed by atoms with E-state index in [0.29, 0.717) is 11.8 Å². The number of aryl methyl sites for hydroxylation is 1. The Labute approximate surface area is 94.3 Å². The zero-order valence-corrected chi connectivity index (χ0v) is 9.57. The summed E-state index contributed by atoms with van der Waals surface area (Å²) in [7, 11) is 0. The van der Waals surface area contributed by atoms with Crippen molar-refractivity contribution in [2.75, 3.05) is 0 Å². The Morgan fingerprint density at radius 1 is 1.44 bits per heavy atom. The molecule has 0 spiro atoms. The van der Waals surface area contributed by atoms with Gasteiger partial charge in [0.1, 0.15) is 5.82 Å². The van der Waals surface area contributed by atoms with E-state index in [0.717, 1.165) is 17.8 Å². The van der Waals surface area contributed by atoms with Crippen LogP contribution >= 0.6 is 0 Å². The van der Waals surface area contributed by atoms with Gasteiger partial charge in [0.2, 0.25) is 0 Å². The summed E-state index contributed by atoms with van der Waals surface area (Å²) in [6, 6.07) is 6.93. The largest absolute Gasteiger partial charge is 0.393 e. The fraction of sp³-hybridized carbons (Fsp3) is 0.385. The van der Waals surface area contributed by atoms with Crippen LogP contribution in [0.25, 0.3) is 10.9 Å². The van der Waals surface area contributed by atoms with Crippen molar-refractivity contribution in [1.82, 2.24) is 4.57 Å². The van der Waals surface area contributed by atoms with Crippen LogP contribution in [0.1, 0.15) is 19.5 Å². The van der Waals surface area contributed by atoms with Crippen molar-refractivity contribution in [1.29, 1.82) is 0 Å². The molecule has 1 unspecified atom stereocenters. The van der Waals surface area contributed by atoms with Gasteiger partial charge in [-0.05, 0) is 32.0 Å².